The van der Waals surface area contributed by atoms with Crippen LogP contribution < -0.4 is 5.43 Å². The van der Waals surface area contributed by atoms with Crippen molar-refractivity contribution in [3.8, 4) is 0 Å². The van der Waals surface area contributed by atoms with Gasteiger partial charge in [-0.15, -0.1) is 0 Å². The van der Waals surface area contributed by atoms with Crippen LogP contribution in [0.5, 0.6) is 0 Å². The van der Waals surface area contributed by atoms with E-state index in [1.807, 2.05) is 48.5 Å². The monoisotopic (exact) mass is 392 g/mol. The van der Waals surface area contributed by atoms with Crippen LogP contribution in [0.3, 0.4) is 0 Å². The van der Waals surface area contributed by atoms with E-state index in [1.54, 1.807) is 30.5 Å². The summed E-state index contributed by atoms with van der Waals surface area (Å²) in [7, 11) is 0. The maximum Gasteiger partial charge on any atom is 0.271 e. The van der Waals surface area contributed by atoms with Gasteiger partial charge in [-0.25, -0.2) is 5.43 Å². The molecule has 1 amide bonds. The molecule has 4 rings (SSSR count). The number of benzene rings is 4. The van der Waals surface area contributed by atoms with Crippen molar-refractivity contribution in [3.05, 3.63) is 94.0 Å². The largest absolute Gasteiger partial charge is 0.271 e. The van der Waals surface area contributed by atoms with Crippen LogP contribution >= 0.6 is 23.2 Å². The second-order valence-corrected chi connectivity index (χ2v) is 6.84. The van der Waals surface area contributed by atoms with Crippen molar-refractivity contribution in [2.75, 3.05) is 0 Å². The molecule has 5 heteroatoms. The molecule has 0 aliphatic heterocycles. The Morgan fingerprint density at radius 2 is 1.30 bits per heavy atom. The highest BCUT2D eigenvalue weighted by atomic mass is 35.5. The Hall–Kier alpha value is -2.88. The van der Waals surface area contributed by atoms with Gasteiger partial charge >= 0.3 is 0 Å². The molecule has 27 heavy (non-hydrogen) atoms. The lowest BCUT2D eigenvalue weighted by atomic mass is 9.97. The van der Waals surface area contributed by atoms with E-state index in [-0.39, 0.29) is 5.91 Å². The predicted molar refractivity (Wildman–Crippen MR) is 113 cm³/mol. The van der Waals surface area contributed by atoms with Crippen molar-refractivity contribution < 1.29 is 4.79 Å². The molecule has 0 radical (unpaired) electrons. The minimum atomic E-state index is -0.300. The van der Waals surface area contributed by atoms with Gasteiger partial charge in [-0.1, -0.05) is 71.7 Å². The van der Waals surface area contributed by atoms with E-state index in [1.165, 1.54) is 0 Å². The average Bonchev–Trinajstić information content (AvgIpc) is 2.71. The number of amides is 1. The van der Waals surface area contributed by atoms with Crippen LogP contribution in [0, 0.1) is 0 Å². The Bertz CT molecular complexity index is 1130. The Labute approximate surface area is 166 Å². The number of rotatable bonds is 3. The fraction of sp³-hybridized carbons (Fsp3) is 0. The number of hydrazone groups is 1. The Morgan fingerprint density at radius 3 is 1.85 bits per heavy atom. The average molecular weight is 393 g/mol. The Kier molecular flexibility index (Phi) is 4.80. The predicted octanol–water partition coefficient (Wildman–Crippen LogP) is 6.06. The maximum absolute atomic E-state index is 12.2. The number of fused-ring (bicyclic) bond motifs is 2. The first-order valence-corrected chi connectivity index (χ1v) is 9.08. The summed E-state index contributed by atoms with van der Waals surface area (Å²) < 4.78 is 0. The molecule has 0 spiro atoms. The number of nitrogens with zero attached hydrogens (tertiary/aromatic N) is 1. The first-order valence-electron chi connectivity index (χ1n) is 8.33. The van der Waals surface area contributed by atoms with Gasteiger partial charge in [-0.05, 0) is 35.0 Å². The van der Waals surface area contributed by atoms with Crippen LogP contribution in [-0.2, 0) is 0 Å². The summed E-state index contributed by atoms with van der Waals surface area (Å²) in [6, 6.07) is 22.4. The third-order valence-corrected chi connectivity index (χ3v) is 5.03. The molecule has 0 saturated carbocycles. The molecule has 0 aliphatic carbocycles. The first kappa shape index (κ1) is 17.5. The molecule has 1 N–H and O–H groups in total. The molecule has 132 valence electrons. The van der Waals surface area contributed by atoms with Crippen LogP contribution in [0.1, 0.15) is 15.9 Å². The molecule has 0 bridgehead atoms. The maximum atomic E-state index is 12.2. The standard InChI is InChI=1S/C22H14Cl2N2O/c23-15-11-9-14(10-12-15)22(27)26-25-13-20-16-5-1-3-7-18(16)21(24)19-8-4-2-6-17(19)20/h1-13H,(H,26,27). The summed E-state index contributed by atoms with van der Waals surface area (Å²) in [5.74, 6) is -0.300. The van der Waals surface area contributed by atoms with Gasteiger partial charge in [-0.3, -0.25) is 4.79 Å². The van der Waals surface area contributed by atoms with Crippen LogP contribution in [0.15, 0.2) is 77.9 Å². The molecule has 0 saturated heterocycles. The lowest BCUT2D eigenvalue weighted by molar-refractivity contribution is 0.0955. The highest BCUT2D eigenvalue weighted by Crippen LogP contribution is 2.35. The van der Waals surface area contributed by atoms with Crippen molar-refractivity contribution in [3.63, 3.8) is 0 Å². The molecule has 3 nitrogen and oxygen atoms in total. The number of halogens is 2. The van der Waals surface area contributed by atoms with Gasteiger partial charge in [0.2, 0.25) is 0 Å². The van der Waals surface area contributed by atoms with Gasteiger partial charge in [-0.2, -0.15) is 5.10 Å². The lowest BCUT2D eigenvalue weighted by Crippen LogP contribution is -2.17. The summed E-state index contributed by atoms with van der Waals surface area (Å²) in [5, 5.41) is 9.31. The van der Waals surface area contributed by atoms with Crippen molar-refractivity contribution >= 4 is 56.9 Å². The van der Waals surface area contributed by atoms with Gasteiger partial charge in [0.05, 0.1) is 11.2 Å². The van der Waals surface area contributed by atoms with Crippen molar-refractivity contribution in [2.24, 2.45) is 5.10 Å². The van der Waals surface area contributed by atoms with Crippen LogP contribution in [0.25, 0.3) is 21.5 Å². The summed E-state index contributed by atoms with van der Waals surface area (Å²) in [6.45, 7) is 0. The minimum Gasteiger partial charge on any atom is -0.267 e. The van der Waals surface area contributed by atoms with Crippen LogP contribution in [0.4, 0.5) is 0 Å². The summed E-state index contributed by atoms with van der Waals surface area (Å²) in [5.41, 5.74) is 3.96. The van der Waals surface area contributed by atoms with Gasteiger partial charge in [0.1, 0.15) is 0 Å². The number of carbonyl (C=O) groups excluding carboxylic acids is 1. The number of hydrogen-bond acceptors (Lipinski definition) is 2. The van der Waals surface area contributed by atoms with E-state index < -0.39 is 0 Å². The number of nitrogens with one attached hydrogen (secondary N) is 1. The third kappa shape index (κ3) is 3.39. The smallest absolute Gasteiger partial charge is 0.267 e. The van der Waals surface area contributed by atoms with E-state index in [2.05, 4.69) is 10.5 Å². The fourth-order valence-corrected chi connectivity index (χ4v) is 3.52. The molecule has 0 atom stereocenters. The Balaban J connectivity index is 1.74. The third-order valence-electron chi connectivity index (χ3n) is 4.37. The fourth-order valence-electron chi connectivity index (χ4n) is 3.07. The molecular weight excluding hydrogens is 379 g/mol. The first-order chi connectivity index (χ1) is 13.1. The zero-order chi connectivity index (χ0) is 18.8. The molecule has 4 aromatic carbocycles. The zero-order valence-corrected chi connectivity index (χ0v) is 15.6. The molecular formula is C22H14Cl2N2O. The van der Waals surface area contributed by atoms with E-state index in [9.17, 15) is 4.79 Å². The summed E-state index contributed by atoms with van der Waals surface area (Å²) in [4.78, 5) is 12.2. The second kappa shape index (κ2) is 7.39. The topological polar surface area (TPSA) is 41.5 Å². The normalized spacial score (nSPS) is 11.3. The lowest BCUT2D eigenvalue weighted by Gasteiger charge is -2.10. The SMILES string of the molecule is O=C(NN=Cc1c2ccccc2c(Cl)c2ccccc12)c1ccc(Cl)cc1. The summed E-state index contributed by atoms with van der Waals surface area (Å²) in [6.07, 6.45) is 1.66. The second-order valence-electron chi connectivity index (χ2n) is 6.02. The molecule has 0 aromatic heterocycles. The molecule has 0 fully saturated rings. The van der Waals surface area contributed by atoms with Crippen LogP contribution in [0.2, 0.25) is 10.0 Å². The highest BCUT2D eigenvalue weighted by Gasteiger charge is 2.11. The molecule has 0 aliphatic rings. The van der Waals surface area contributed by atoms with E-state index in [4.69, 9.17) is 23.2 Å². The number of carbonyl (C=O) groups is 1. The van der Waals surface area contributed by atoms with Crippen molar-refractivity contribution in [1.29, 1.82) is 0 Å². The van der Waals surface area contributed by atoms with Gasteiger partial charge in [0.15, 0.2) is 0 Å². The van der Waals surface area contributed by atoms with Crippen molar-refractivity contribution in [1.82, 2.24) is 5.43 Å². The molecule has 4 aromatic rings. The minimum absolute atomic E-state index is 0.300. The van der Waals surface area contributed by atoms with Crippen molar-refractivity contribution in [2.45, 2.75) is 0 Å². The van der Waals surface area contributed by atoms with Crippen LogP contribution in [-0.4, -0.2) is 12.1 Å². The van der Waals surface area contributed by atoms with Gasteiger partial charge < -0.3 is 0 Å². The Morgan fingerprint density at radius 1 is 0.778 bits per heavy atom. The highest BCUT2D eigenvalue weighted by molar-refractivity contribution is 6.42. The summed E-state index contributed by atoms with van der Waals surface area (Å²) >= 11 is 12.5. The van der Waals surface area contributed by atoms with E-state index in [0.29, 0.717) is 15.6 Å². The molecule has 0 heterocycles. The van der Waals surface area contributed by atoms with E-state index in [0.717, 1.165) is 27.1 Å². The zero-order valence-electron chi connectivity index (χ0n) is 14.1. The van der Waals surface area contributed by atoms with Gasteiger partial charge in [0.25, 0.3) is 5.91 Å². The van der Waals surface area contributed by atoms with E-state index >= 15 is 0 Å². The molecule has 0 unspecified atom stereocenters. The van der Waals surface area contributed by atoms with Gasteiger partial charge in [0, 0.05) is 26.9 Å². The quantitative estimate of drug-likeness (QED) is 0.256. The number of hydrogen-bond donors (Lipinski definition) is 1.